The van der Waals surface area contributed by atoms with Gasteiger partial charge in [0, 0.05) is 23.9 Å². The molecule has 32 heavy (non-hydrogen) atoms. The van der Waals surface area contributed by atoms with Gasteiger partial charge in [0.25, 0.3) is 0 Å². The van der Waals surface area contributed by atoms with E-state index in [0.717, 1.165) is 31.7 Å². The molecule has 1 amide bonds. The molecule has 2 N–H and O–H groups in total. The van der Waals surface area contributed by atoms with Crippen LogP contribution in [0.25, 0.3) is 16.9 Å². The number of benzene rings is 1. The highest BCUT2D eigenvalue weighted by Crippen LogP contribution is 2.34. The summed E-state index contributed by atoms with van der Waals surface area (Å²) in [6, 6.07) is 3.08. The zero-order chi connectivity index (χ0) is 22.7. The van der Waals surface area contributed by atoms with E-state index in [1.165, 1.54) is 29.3 Å². The molecule has 0 spiro atoms. The van der Waals surface area contributed by atoms with Gasteiger partial charge < -0.3 is 15.2 Å². The normalized spacial score (nSPS) is 18.3. The van der Waals surface area contributed by atoms with Crippen molar-refractivity contribution in [1.82, 2.24) is 25.1 Å². The first-order valence-corrected chi connectivity index (χ1v) is 10.4. The second-order valence-electron chi connectivity index (χ2n) is 7.62. The summed E-state index contributed by atoms with van der Waals surface area (Å²) in [5.74, 6) is -0.882. The van der Waals surface area contributed by atoms with Crippen molar-refractivity contribution in [1.29, 1.82) is 0 Å². The molecule has 3 aromatic rings. The number of hydrogen-bond donors (Lipinski definition) is 2. The number of nitrogens with zero attached hydrogens (tertiary/aromatic N) is 4. The fourth-order valence-electron chi connectivity index (χ4n) is 3.79. The molecule has 0 unspecified atom stereocenters. The van der Waals surface area contributed by atoms with Gasteiger partial charge in [0.1, 0.15) is 23.7 Å². The molecule has 2 aromatic heterocycles. The van der Waals surface area contributed by atoms with Crippen LogP contribution in [0.1, 0.15) is 25.7 Å². The number of aromatic nitrogens is 4. The molecule has 4 rings (SSSR count). The van der Waals surface area contributed by atoms with Crippen molar-refractivity contribution in [3.05, 3.63) is 53.7 Å². The lowest BCUT2D eigenvalue weighted by Crippen LogP contribution is -2.37. The number of ether oxygens (including phenoxy) is 1. The Morgan fingerprint density at radius 2 is 1.91 bits per heavy atom. The molecule has 1 aliphatic rings. The van der Waals surface area contributed by atoms with Crippen LogP contribution in [-0.4, -0.2) is 43.6 Å². The van der Waals surface area contributed by atoms with E-state index in [0.29, 0.717) is 23.6 Å². The van der Waals surface area contributed by atoms with Gasteiger partial charge in [0.2, 0.25) is 0 Å². The number of nitrogens with one attached hydrogen (secondary N) is 1. The van der Waals surface area contributed by atoms with Crippen LogP contribution in [0.3, 0.4) is 0 Å². The topological polar surface area (TPSA) is 102 Å². The molecule has 0 radical (unpaired) electrons. The molecule has 11 heteroatoms. The first kappa shape index (κ1) is 21.9. The molecule has 1 aromatic carbocycles. The smallest absolute Gasteiger partial charge is 0.404 e. The minimum atomic E-state index is -1.01. The summed E-state index contributed by atoms with van der Waals surface area (Å²) >= 11 is 6.27. The molecule has 0 atom stereocenters. The van der Waals surface area contributed by atoms with Crippen molar-refractivity contribution < 1.29 is 23.4 Å². The third-order valence-corrected chi connectivity index (χ3v) is 5.64. The monoisotopic (exact) mass is 463 g/mol. The zero-order valence-electron chi connectivity index (χ0n) is 16.8. The van der Waals surface area contributed by atoms with Crippen LogP contribution in [0, 0.1) is 17.6 Å². The number of hydrogen-bond acceptors (Lipinski definition) is 5. The zero-order valence-corrected chi connectivity index (χ0v) is 17.6. The summed E-state index contributed by atoms with van der Waals surface area (Å²) < 4.78 is 34.4. The van der Waals surface area contributed by atoms with Crippen LogP contribution in [0.2, 0.25) is 5.15 Å². The summed E-state index contributed by atoms with van der Waals surface area (Å²) in [4.78, 5) is 19.0. The average Bonchev–Trinajstić information content (AvgIpc) is 3.23. The fraction of sp³-hybridized carbons (Fsp3) is 0.333. The minimum absolute atomic E-state index is 0.0403. The third-order valence-electron chi connectivity index (χ3n) is 5.37. The van der Waals surface area contributed by atoms with E-state index in [2.05, 4.69) is 20.4 Å². The van der Waals surface area contributed by atoms with Gasteiger partial charge in [0.15, 0.2) is 10.9 Å². The maximum absolute atomic E-state index is 13.6. The standard InChI is InChI=1S/C21H20ClF2N5O3/c22-20-19(32-10-12-1-3-16(4-2-12)28-21(30)31)18(25-11-26-20)13-8-27-29(9-13)17-6-14(23)5-15(24)7-17/h5-9,11-12,16,28H,1-4,10H2,(H,30,31). The van der Waals surface area contributed by atoms with Gasteiger partial charge in [-0.3, -0.25) is 0 Å². The van der Waals surface area contributed by atoms with Gasteiger partial charge in [-0.2, -0.15) is 5.10 Å². The maximum atomic E-state index is 13.6. The SMILES string of the molecule is O=C(O)NC1CCC(COc2c(Cl)ncnc2-c2cnn(-c3cc(F)cc(F)c3)c2)CC1. The molecule has 1 saturated carbocycles. The molecule has 168 valence electrons. The van der Waals surface area contributed by atoms with E-state index in [1.54, 1.807) is 6.20 Å². The molecular weight excluding hydrogens is 444 g/mol. The summed E-state index contributed by atoms with van der Waals surface area (Å²) in [7, 11) is 0. The lowest BCUT2D eigenvalue weighted by atomic mass is 9.86. The van der Waals surface area contributed by atoms with Crippen LogP contribution in [0.5, 0.6) is 5.75 Å². The Hall–Kier alpha value is -3.27. The third kappa shape index (κ3) is 5.13. The highest BCUT2D eigenvalue weighted by Gasteiger charge is 2.24. The van der Waals surface area contributed by atoms with Crippen molar-refractivity contribution in [2.45, 2.75) is 31.7 Å². The van der Waals surface area contributed by atoms with Crippen molar-refractivity contribution in [3.63, 3.8) is 0 Å². The largest absolute Gasteiger partial charge is 0.488 e. The Morgan fingerprint density at radius 1 is 1.19 bits per heavy atom. The minimum Gasteiger partial charge on any atom is -0.488 e. The van der Waals surface area contributed by atoms with E-state index in [-0.39, 0.29) is 22.8 Å². The molecule has 0 bridgehead atoms. The highest BCUT2D eigenvalue weighted by atomic mass is 35.5. The van der Waals surface area contributed by atoms with Crippen molar-refractivity contribution in [3.8, 4) is 22.7 Å². The van der Waals surface area contributed by atoms with Gasteiger partial charge in [0.05, 0.1) is 18.5 Å². The van der Waals surface area contributed by atoms with E-state index in [1.807, 2.05) is 0 Å². The molecular formula is C21H20ClF2N5O3. The maximum Gasteiger partial charge on any atom is 0.404 e. The summed E-state index contributed by atoms with van der Waals surface area (Å²) in [6.07, 6.45) is 6.46. The quantitative estimate of drug-likeness (QED) is 0.523. The van der Waals surface area contributed by atoms with Crippen LogP contribution in [0.4, 0.5) is 13.6 Å². The van der Waals surface area contributed by atoms with Crippen LogP contribution in [0.15, 0.2) is 36.9 Å². The number of amides is 1. The van der Waals surface area contributed by atoms with E-state index < -0.39 is 17.7 Å². The average molecular weight is 464 g/mol. The molecule has 0 aliphatic heterocycles. The molecule has 8 nitrogen and oxygen atoms in total. The van der Waals surface area contributed by atoms with Crippen LogP contribution < -0.4 is 10.1 Å². The second-order valence-corrected chi connectivity index (χ2v) is 7.98. The molecule has 1 fully saturated rings. The van der Waals surface area contributed by atoms with Gasteiger partial charge in [-0.15, -0.1) is 0 Å². The van der Waals surface area contributed by atoms with Gasteiger partial charge in [-0.25, -0.2) is 28.2 Å². The van der Waals surface area contributed by atoms with Crippen molar-refractivity contribution in [2.75, 3.05) is 6.61 Å². The van der Waals surface area contributed by atoms with Crippen LogP contribution >= 0.6 is 11.6 Å². The highest BCUT2D eigenvalue weighted by molar-refractivity contribution is 6.31. The predicted molar refractivity (Wildman–Crippen MR) is 112 cm³/mol. The Bertz CT molecular complexity index is 1100. The van der Waals surface area contributed by atoms with Gasteiger partial charge in [-0.1, -0.05) is 11.6 Å². The fourth-order valence-corrected chi connectivity index (χ4v) is 3.98. The van der Waals surface area contributed by atoms with E-state index in [9.17, 15) is 13.6 Å². The lowest BCUT2D eigenvalue weighted by molar-refractivity contribution is 0.169. The van der Waals surface area contributed by atoms with E-state index >= 15 is 0 Å². The van der Waals surface area contributed by atoms with Crippen molar-refractivity contribution >= 4 is 17.7 Å². The molecule has 1 aliphatic carbocycles. The number of carboxylic acid groups (broad SMARTS) is 1. The molecule has 0 saturated heterocycles. The molecule has 2 heterocycles. The predicted octanol–water partition coefficient (Wildman–Crippen LogP) is 4.47. The van der Waals surface area contributed by atoms with E-state index in [4.69, 9.17) is 21.4 Å². The van der Waals surface area contributed by atoms with Gasteiger partial charge >= 0.3 is 6.09 Å². The number of rotatable bonds is 6. The summed E-state index contributed by atoms with van der Waals surface area (Å²) in [5.41, 5.74) is 1.18. The summed E-state index contributed by atoms with van der Waals surface area (Å²) in [6.45, 7) is 0.378. The number of halogens is 3. The first-order chi connectivity index (χ1) is 15.4. The Balaban J connectivity index is 1.48. The summed E-state index contributed by atoms with van der Waals surface area (Å²) in [5, 5.41) is 15.7. The second kappa shape index (κ2) is 9.47. The Kier molecular flexibility index (Phi) is 6.50. The van der Waals surface area contributed by atoms with Gasteiger partial charge in [-0.05, 0) is 43.7 Å². The van der Waals surface area contributed by atoms with Crippen LogP contribution in [-0.2, 0) is 0 Å². The number of carbonyl (C=O) groups is 1. The first-order valence-electron chi connectivity index (χ1n) is 10.0. The van der Waals surface area contributed by atoms with Crippen molar-refractivity contribution in [2.24, 2.45) is 5.92 Å². The Morgan fingerprint density at radius 3 is 2.59 bits per heavy atom. The lowest BCUT2D eigenvalue weighted by Gasteiger charge is -2.28. The Labute approximate surface area is 187 Å².